The van der Waals surface area contributed by atoms with Crippen LogP contribution >= 0.6 is 11.3 Å². The molecule has 0 unspecified atom stereocenters. The van der Waals surface area contributed by atoms with E-state index in [1.807, 2.05) is 24.3 Å². The lowest BCUT2D eigenvalue weighted by molar-refractivity contribution is 1.06. The van der Waals surface area contributed by atoms with Crippen molar-refractivity contribution in [1.82, 2.24) is 4.98 Å². The minimum atomic E-state index is 0.757. The van der Waals surface area contributed by atoms with E-state index in [-0.39, 0.29) is 0 Å². The number of hydrogen-bond acceptors (Lipinski definition) is 4. The van der Waals surface area contributed by atoms with Gasteiger partial charge in [0.2, 0.25) is 0 Å². The van der Waals surface area contributed by atoms with E-state index in [1.165, 1.54) is 0 Å². The Labute approximate surface area is 93.0 Å². The number of nitrogen functional groups attached to an aromatic ring is 1. The molecule has 0 bridgehead atoms. The Morgan fingerprint density at radius 2 is 2.33 bits per heavy atom. The summed E-state index contributed by atoms with van der Waals surface area (Å²) in [6.45, 7) is 2.10. The summed E-state index contributed by atoms with van der Waals surface area (Å²) in [5, 5.41) is 6.21. The molecule has 1 heterocycles. The minimum absolute atomic E-state index is 0.757. The highest BCUT2D eigenvalue weighted by atomic mass is 32.1. The number of rotatable bonds is 3. The number of anilines is 3. The third-order valence-corrected chi connectivity index (χ3v) is 2.86. The number of nitrogens with two attached hydrogens (primary N) is 1. The molecule has 0 radical (unpaired) electrons. The van der Waals surface area contributed by atoms with Gasteiger partial charge >= 0.3 is 0 Å². The molecular weight excluding hydrogens is 206 g/mol. The predicted octanol–water partition coefficient (Wildman–Crippen LogP) is 3.03. The van der Waals surface area contributed by atoms with Gasteiger partial charge in [0.05, 0.1) is 5.69 Å². The molecule has 0 aliphatic rings. The number of nitrogens with zero attached hydrogens (tertiary/aromatic N) is 1. The maximum Gasteiger partial charge on any atom is 0.187 e. The van der Waals surface area contributed by atoms with Gasteiger partial charge < -0.3 is 11.1 Å². The minimum Gasteiger partial charge on any atom is -0.399 e. The van der Waals surface area contributed by atoms with Crippen molar-refractivity contribution in [3.05, 3.63) is 35.3 Å². The summed E-state index contributed by atoms with van der Waals surface area (Å²) in [7, 11) is 0. The van der Waals surface area contributed by atoms with Gasteiger partial charge in [-0.2, -0.15) is 0 Å². The molecule has 1 aromatic heterocycles. The van der Waals surface area contributed by atoms with Crippen molar-refractivity contribution in [2.24, 2.45) is 0 Å². The van der Waals surface area contributed by atoms with Crippen molar-refractivity contribution in [2.45, 2.75) is 13.3 Å². The molecule has 0 spiro atoms. The Morgan fingerprint density at radius 3 is 3.00 bits per heavy atom. The Morgan fingerprint density at radius 1 is 1.47 bits per heavy atom. The van der Waals surface area contributed by atoms with Crippen LogP contribution in [0.1, 0.15) is 12.6 Å². The molecule has 2 aromatic rings. The molecule has 3 nitrogen and oxygen atoms in total. The van der Waals surface area contributed by atoms with Gasteiger partial charge in [0, 0.05) is 16.8 Å². The molecule has 4 heteroatoms. The van der Waals surface area contributed by atoms with Crippen LogP contribution in [0.5, 0.6) is 0 Å². The average Bonchev–Trinajstić information content (AvgIpc) is 2.65. The van der Waals surface area contributed by atoms with Crippen LogP contribution in [0.4, 0.5) is 16.5 Å². The Hall–Kier alpha value is -1.55. The normalized spacial score (nSPS) is 10.2. The van der Waals surface area contributed by atoms with Crippen LogP contribution in [0.3, 0.4) is 0 Å². The van der Waals surface area contributed by atoms with Gasteiger partial charge in [0.15, 0.2) is 5.13 Å². The van der Waals surface area contributed by atoms with Gasteiger partial charge in [0.1, 0.15) is 0 Å². The largest absolute Gasteiger partial charge is 0.399 e. The summed E-state index contributed by atoms with van der Waals surface area (Å²) < 4.78 is 0. The number of hydrogen-bond donors (Lipinski definition) is 2. The van der Waals surface area contributed by atoms with E-state index < -0.39 is 0 Å². The molecule has 3 N–H and O–H groups in total. The van der Waals surface area contributed by atoms with Crippen molar-refractivity contribution >= 4 is 27.8 Å². The van der Waals surface area contributed by atoms with E-state index in [4.69, 9.17) is 5.73 Å². The van der Waals surface area contributed by atoms with Gasteiger partial charge in [-0.05, 0) is 24.6 Å². The topological polar surface area (TPSA) is 50.9 Å². The standard InChI is InChI=1S/C11H13N3S/c1-2-9-7-15-11(13-9)14-10-5-3-4-8(12)6-10/h3-7H,2,12H2,1H3,(H,13,14). The van der Waals surface area contributed by atoms with Crippen LogP contribution in [0.2, 0.25) is 0 Å². The molecule has 0 atom stereocenters. The zero-order chi connectivity index (χ0) is 10.7. The van der Waals surface area contributed by atoms with E-state index >= 15 is 0 Å². The Balaban J connectivity index is 2.14. The van der Waals surface area contributed by atoms with E-state index in [1.54, 1.807) is 11.3 Å². The van der Waals surface area contributed by atoms with Crippen LogP contribution in [0.15, 0.2) is 29.6 Å². The molecule has 15 heavy (non-hydrogen) atoms. The van der Waals surface area contributed by atoms with Gasteiger partial charge in [-0.3, -0.25) is 0 Å². The average molecular weight is 219 g/mol. The first-order valence-corrected chi connectivity index (χ1v) is 5.73. The van der Waals surface area contributed by atoms with Crippen LogP contribution < -0.4 is 11.1 Å². The zero-order valence-corrected chi connectivity index (χ0v) is 9.34. The van der Waals surface area contributed by atoms with Crippen LogP contribution in [0.25, 0.3) is 0 Å². The second kappa shape index (κ2) is 4.31. The fraction of sp³-hybridized carbons (Fsp3) is 0.182. The number of nitrogens with one attached hydrogen (secondary N) is 1. The molecule has 1 aromatic carbocycles. The SMILES string of the molecule is CCc1csc(Nc2cccc(N)c2)n1. The molecule has 0 amide bonds. The van der Waals surface area contributed by atoms with Gasteiger partial charge in [-0.15, -0.1) is 11.3 Å². The Kier molecular flexibility index (Phi) is 2.87. The van der Waals surface area contributed by atoms with Crippen molar-refractivity contribution in [1.29, 1.82) is 0 Å². The number of aromatic nitrogens is 1. The number of thiazole rings is 1. The lowest BCUT2D eigenvalue weighted by atomic mass is 10.3. The number of aryl methyl sites for hydroxylation is 1. The summed E-state index contributed by atoms with van der Waals surface area (Å²) in [4.78, 5) is 4.42. The monoisotopic (exact) mass is 219 g/mol. The quantitative estimate of drug-likeness (QED) is 0.780. The second-order valence-corrected chi connectivity index (χ2v) is 4.11. The molecule has 0 aliphatic heterocycles. The highest BCUT2D eigenvalue weighted by molar-refractivity contribution is 7.13. The fourth-order valence-corrected chi connectivity index (χ4v) is 2.08. The second-order valence-electron chi connectivity index (χ2n) is 3.25. The fourth-order valence-electron chi connectivity index (χ4n) is 1.27. The lowest BCUT2D eigenvalue weighted by Gasteiger charge is -2.02. The predicted molar refractivity (Wildman–Crippen MR) is 65.6 cm³/mol. The summed E-state index contributed by atoms with van der Waals surface area (Å²) >= 11 is 1.61. The van der Waals surface area contributed by atoms with E-state index in [2.05, 4.69) is 22.6 Å². The first kappa shape index (κ1) is 9.98. The Bertz CT molecular complexity index is 451. The maximum absolute atomic E-state index is 5.69. The zero-order valence-electron chi connectivity index (χ0n) is 8.53. The van der Waals surface area contributed by atoms with Gasteiger partial charge in [-0.25, -0.2) is 4.98 Å². The molecule has 0 aliphatic carbocycles. The van der Waals surface area contributed by atoms with E-state index in [0.29, 0.717) is 0 Å². The molecule has 78 valence electrons. The summed E-state index contributed by atoms with van der Waals surface area (Å²) in [6, 6.07) is 7.66. The van der Waals surface area contributed by atoms with Crippen molar-refractivity contribution in [2.75, 3.05) is 11.1 Å². The highest BCUT2D eigenvalue weighted by Gasteiger charge is 2.00. The molecule has 0 saturated carbocycles. The first-order chi connectivity index (χ1) is 7.28. The van der Waals surface area contributed by atoms with E-state index in [0.717, 1.165) is 28.6 Å². The van der Waals surface area contributed by atoms with Crippen molar-refractivity contribution in [3.8, 4) is 0 Å². The third-order valence-electron chi connectivity index (χ3n) is 2.05. The smallest absolute Gasteiger partial charge is 0.187 e. The van der Waals surface area contributed by atoms with Gasteiger partial charge in [0.25, 0.3) is 0 Å². The first-order valence-electron chi connectivity index (χ1n) is 4.85. The van der Waals surface area contributed by atoms with Crippen molar-refractivity contribution in [3.63, 3.8) is 0 Å². The molecular formula is C11H13N3S. The van der Waals surface area contributed by atoms with Crippen LogP contribution in [-0.4, -0.2) is 4.98 Å². The summed E-state index contributed by atoms with van der Waals surface area (Å²) in [5.74, 6) is 0. The molecule has 0 fully saturated rings. The summed E-state index contributed by atoms with van der Waals surface area (Å²) in [6.07, 6.45) is 0.967. The van der Waals surface area contributed by atoms with Gasteiger partial charge in [-0.1, -0.05) is 13.0 Å². The van der Waals surface area contributed by atoms with Crippen LogP contribution in [0, 0.1) is 0 Å². The third kappa shape index (κ3) is 2.47. The van der Waals surface area contributed by atoms with Crippen LogP contribution in [-0.2, 0) is 6.42 Å². The summed E-state index contributed by atoms with van der Waals surface area (Å²) in [5.41, 5.74) is 8.54. The van der Waals surface area contributed by atoms with E-state index in [9.17, 15) is 0 Å². The molecule has 2 rings (SSSR count). The maximum atomic E-state index is 5.69. The molecule has 0 saturated heterocycles. The van der Waals surface area contributed by atoms with Crippen molar-refractivity contribution < 1.29 is 0 Å². The lowest BCUT2D eigenvalue weighted by Crippen LogP contribution is -1.91. The number of benzene rings is 1. The highest BCUT2D eigenvalue weighted by Crippen LogP contribution is 2.22.